The third kappa shape index (κ3) is 4.62. The maximum atomic E-state index is 12.8. The lowest BCUT2D eigenvalue weighted by Gasteiger charge is -2.31. The average Bonchev–Trinajstić information content (AvgIpc) is 3.27. The molecule has 2 heterocycles. The molecule has 0 aliphatic carbocycles. The number of aromatic amines is 1. The van der Waals surface area contributed by atoms with E-state index in [0.29, 0.717) is 19.4 Å². The Kier molecular flexibility index (Phi) is 6.59. The molecule has 3 rings (SSSR count). The maximum Gasteiger partial charge on any atom is 0.260 e. The normalized spacial score (nSPS) is 17.8. The Hall–Kier alpha value is -2.39. The minimum Gasteiger partial charge on any atom is -0.372 e. The number of sulfonamides is 1. The van der Waals surface area contributed by atoms with Crippen LogP contribution in [0.3, 0.4) is 0 Å². The zero-order valence-electron chi connectivity index (χ0n) is 17.2. The number of imidazole rings is 1. The Labute approximate surface area is 172 Å². The smallest absolute Gasteiger partial charge is 0.260 e. The first-order valence-electron chi connectivity index (χ1n) is 10.0. The molecule has 9 heteroatoms. The van der Waals surface area contributed by atoms with Gasteiger partial charge in [0.2, 0.25) is 5.91 Å². The van der Waals surface area contributed by atoms with Crippen LogP contribution in [-0.2, 0) is 14.8 Å². The lowest BCUT2D eigenvalue weighted by molar-refractivity contribution is -0.120. The summed E-state index contributed by atoms with van der Waals surface area (Å²) in [6, 6.07) is 5.99. The molecule has 0 bridgehead atoms. The molecule has 0 saturated carbocycles. The summed E-state index contributed by atoms with van der Waals surface area (Å²) in [6.45, 7) is 8.61. The van der Waals surface area contributed by atoms with Crippen LogP contribution in [0.1, 0.15) is 32.3 Å². The molecule has 8 nitrogen and oxygen atoms in total. The fourth-order valence-corrected chi connectivity index (χ4v) is 5.13. The number of H-pyrrole nitrogens is 1. The van der Waals surface area contributed by atoms with Crippen molar-refractivity contribution >= 4 is 27.3 Å². The van der Waals surface area contributed by atoms with Gasteiger partial charge in [-0.05, 0) is 57.4 Å². The number of benzene rings is 1. The molecular weight excluding hydrogens is 390 g/mol. The Balaban J connectivity index is 1.69. The molecule has 1 amide bonds. The summed E-state index contributed by atoms with van der Waals surface area (Å²) in [5.41, 5.74) is 2.87. The SMILES string of the molecule is CCN(CC)c1ccc(NC(=O)[C@@H]2CCCN(S(=O)(=O)c3cnc[nH]3)C2)c(C)c1. The van der Waals surface area contributed by atoms with Crippen molar-refractivity contribution in [3.8, 4) is 0 Å². The van der Waals surface area contributed by atoms with Crippen LogP contribution in [0.2, 0.25) is 0 Å². The molecule has 1 fully saturated rings. The van der Waals surface area contributed by atoms with Crippen molar-refractivity contribution in [3.05, 3.63) is 36.3 Å². The van der Waals surface area contributed by atoms with Gasteiger partial charge in [0, 0.05) is 37.6 Å². The lowest BCUT2D eigenvalue weighted by atomic mass is 9.98. The first-order chi connectivity index (χ1) is 13.9. The standard InChI is InChI=1S/C20H29N5O3S/c1-4-24(5-2)17-8-9-18(15(3)11-17)23-20(26)16-7-6-10-25(13-16)29(27,28)19-12-21-14-22-19/h8-9,11-12,14,16H,4-7,10,13H2,1-3H3,(H,21,22)(H,23,26)/t16-/m1/s1. The third-order valence-corrected chi connectivity index (χ3v) is 7.23. The van der Waals surface area contributed by atoms with Crippen LogP contribution in [0, 0.1) is 12.8 Å². The lowest BCUT2D eigenvalue weighted by Crippen LogP contribution is -2.43. The number of amides is 1. The summed E-state index contributed by atoms with van der Waals surface area (Å²) in [7, 11) is -3.66. The summed E-state index contributed by atoms with van der Waals surface area (Å²) < 4.78 is 26.8. The zero-order chi connectivity index (χ0) is 21.0. The van der Waals surface area contributed by atoms with E-state index in [1.165, 1.54) is 16.8 Å². The highest BCUT2D eigenvalue weighted by molar-refractivity contribution is 7.89. The highest BCUT2D eigenvalue weighted by Crippen LogP contribution is 2.26. The molecule has 1 aromatic heterocycles. The molecule has 1 saturated heterocycles. The van der Waals surface area contributed by atoms with Crippen molar-refractivity contribution in [3.63, 3.8) is 0 Å². The van der Waals surface area contributed by atoms with E-state index in [1.54, 1.807) is 0 Å². The topological polar surface area (TPSA) is 98.4 Å². The fourth-order valence-electron chi connectivity index (χ4n) is 3.71. The molecule has 2 aromatic rings. The number of piperidine rings is 1. The molecule has 0 spiro atoms. The van der Waals surface area contributed by atoms with Crippen LogP contribution < -0.4 is 10.2 Å². The number of aromatic nitrogens is 2. The van der Waals surface area contributed by atoms with Gasteiger partial charge in [-0.3, -0.25) is 4.79 Å². The van der Waals surface area contributed by atoms with E-state index in [0.717, 1.165) is 30.0 Å². The van der Waals surface area contributed by atoms with Crippen LogP contribution in [0.15, 0.2) is 35.7 Å². The number of rotatable bonds is 7. The second-order valence-electron chi connectivity index (χ2n) is 7.28. The largest absolute Gasteiger partial charge is 0.372 e. The second kappa shape index (κ2) is 8.96. The number of nitrogens with one attached hydrogen (secondary N) is 2. The molecular formula is C20H29N5O3S. The molecule has 1 aromatic carbocycles. The number of aryl methyl sites for hydroxylation is 1. The maximum absolute atomic E-state index is 12.8. The summed E-state index contributed by atoms with van der Waals surface area (Å²) in [5, 5.41) is 3.05. The number of hydrogen-bond donors (Lipinski definition) is 2. The van der Waals surface area contributed by atoms with Crippen molar-refractivity contribution in [2.24, 2.45) is 5.92 Å². The Morgan fingerprint density at radius 2 is 2.10 bits per heavy atom. The summed E-state index contributed by atoms with van der Waals surface area (Å²) in [4.78, 5) is 21.5. The van der Waals surface area contributed by atoms with Gasteiger partial charge in [-0.15, -0.1) is 0 Å². The van der Waals surface area contributed by atoms with Gasteiger partial charge in [0.25, 0.3) is 10.0 Å². The summed E-state index contributed by atoms with van der Waals surface area (Å²) >= 11 is 0. The minimum atomic E-state index is -3.66. The van der Waals surface area contributed by atoms with Crippen molar-refractivity contribution in [1.82, 2.24) is 14.3 Å². The van der Waals surface area contributed by atoms with E-state index < -0.39 is 10.0 Å². The van der Waals surface area contributed by atoms with Gasteiger partial charge >= 0.3 is 0 Å². The van der Waals surface area contributed by atoms with Crippen molar-refractivity contribution in [1.29, 1.82) is 0 Å². The van der Waals surface area contributed by atoms with Crippen LogP contribution in [0.25, 0.3) is 0 Å². The van der Waals surface area contributed by atoms with Crippen LogP contribution in [0.4, 0.5) is 11.4 Å². The van der Waals surface area contributed by atoms with E-state index in [-0.39, 0.29) is 23.4 Å². The van der Waals surface area contributed by atoms with E-state index in [1.807, 2.05) is 19.1 Å². The molecule has 1 atom stereocenters. The highest BCUT2D eigenvalue weighted by atomic mass is 32.2. The first-order valence-corrected chi connectivity index (χ1v) is 11.5. The van der Waals surface area contributed by atoms with E-state index in [9.17, 15) is 13.2 Å². The van der Waals surface area contributed by atoms with Gasteiger partial charge in [-0.2, -0.15) is 4.31 Å². The summed E-state index contributed by atoms with van der Waals surface area (Å²) in [5.74, 6) is -0.531. The Morgan fingerprint density at radius 3 is 2.72 bits per heavy atom. The van der Waals surface area contributed by atoms with Crippen molar-refractivity contribution in [2.45, 2.75) is 38.6 Å². The number of carbonyl (C=O) groups is 1. The number of anilines is 2. The van der Waals surface area contributed by atoms with Gasteiger partial charge in [-0.25, -0.2) is 13.4 Å². The average molecular weight is 420 g/mol. The van der Waals surface area contributed by atoms with Gasteiger partial charge in [0.15, 0.2) is 5.03 Å². The third-order valence-electron chi connectivity index (χ3n) is 5.44. The minimum absolute atomic E-state index is 0.0568. The van der Waals surface area contributed by atoms with E-state index in [4.69, 9.17) is 0 Å². The number of carbonyl (C=O) groups excluding carboxylic acids is 1. The molecule has 158 valence electrons. The van der Waals surface area contributed by atoms with Crippen LogP contribution >= 0.6 is 0 Å². The first kappa shape index (κ1) is 21.3. The van der Waals surface area contributed by atoms with Crippen LogP contribution in [-0.4, -0.2) is 54.8 Å². The summed E-state index contributed by atoms with van der Waals surface area (Å²) in [6.07, 6.45) is 3.94. The number of hydrogen-bond acceptors (Lipinski definition) is 5. The predicted molar refractivity (Wildman–Crippen MR) is 113 cm³/mol. The molecule has 1 aliphatic heterocycles. The molecule has 0 unspecified atom stereocenters. The Morgan fingerprint density at radius 1 is 1.34 bits per heavy atom. The van der Waals surface area contributed by atoms with E-state index in [2.05, 4.69) is 40.1 Å². The van der Waals surface area contributed by atoms with Gasteiger partial charge in [0.1, 0.15) is 0 Å². The molecule has 1 aliphatic rings. The van der Waals surface area contributed by atoms with E-state index >= 15 is 0 Å². The second-order valence-corrected chi connectivity index (χ2v) is 9.19. The molecule has 0 radical (unpaired) electrons. The van der Waals surface area contributed by atoms with Crippen LogP contribution in [0.5, 0.6) is 0 Å². The molecule has 29 heavy (non-hydrogen) atoms. The highest BCUT2D eigenvalue weighted by Gasteiger charge is 2.34. The molecule has 2 N–H and O–H groups in total. The number of nitrogens with zero attached hydrogens (tertiary/aromatic N) is 3. The predicted octanol–water partition coefficient (Wildman–Crippen LogP) is 2.60. The Bertz CT molecular complexity index is 939. The van der Waals surface area contributed by atoms with Gasteiger partial charge in [-0.1, -0.05) is 0 Å². The van der Waals surface area contributed by atoms with Crippen molar-refractivity contribution < 1.29 is 13.2 Å². The zero-order valence-corrected chi connectivity index (χ0v) is 18.0. The fraction of sp³-hybridized carbons (Fsp3) is 0.500. The van der Waals surface area contributed by atoms with Gasteiger partial charge < -0.3 is 15.2 Å². The quantitative estimate of drug-likeness (QED) is 0.719. The van der Waals surface area contributed by atoms with Gasteiger partial charge in [0.05, 0.1) is 18.4 Å². The van der Waals surface area contributed by atoms with Crippen molar-refractivity contribution in [2.75, 3.05) is 36.4 Å². The monoisotopic (exact) mass is 419 g/mol.